The predicted molar refractivity (Wildman–Crippen MR) is 56.0 cm³/mol. The summed E-state index contributed by atoms with van der Waals surface area (Å²) in [7, 11) is 0. The molecule has 74 valence electrons. The van der Waals surface area contributed by atoms with Crippen LogP contribution in [0.25, 0.3) is 0 Å². The highest BCUT2D eigenvalue weighted by molar-refractivity contribution is 5.32. The van der Waals surface area contributed by atoms with E-state index in [1.165, 1.54) is 0 Å². The van der Waals surface area contributed by atoms with E-state index < -0.39 is 6.10 Å². The highest BCUT2D eigenvalue weighted by atomic mass is 16.5. The minimum atomic E-state index is -0.856. The molecule has 0 aromatic heterocycles. The van der Waals surface area contributed by atoms with Crippen molar-refractivity contribution < 1.29 is 9.84 Å². The molecule has 1 atom stereocenters. The van der Waals surface area contributed by atoms with Crippen molar-refractivity contribution in [3.05, 3.63) is 29.8 Å². The summed E-state index contributed by atoms with van der Waals surface area (Å²) in [6.07, 6.45) is 4.38. The maximum Gasteiger partial charge on any atom is 0.140 e. The predicted octanol–water partition coefficient (Wildman–Crippen LogP) is 2.14. The van der Waals surface area contributed by atoms with Crippen molar-refractivity contribution in [1.29, 1.82) is 0 Å². The smallest absolute Gasteiger partial charge is 0.140 e. The van der Waals surface area contributed by atoms with Crippen LogP contribution in [-0.2, 0) is 0 Å². The Bertz CT molecular complexity index is 336. The van der Waals surface area contributed by atoms with Gasteiger partial charge in [0.15, 0.2) is 0 Å². The summed E-state index contributed by atoms with van der Waals surface area (Å²) in [4.78, 5) is 0. The molecule has 0 aliphatic carbocycles. The number of aliphatic hydroxyl groups excluding tert-OH is 1. The first-order chi connectivity index (χ1) is 6.63. The Labute approximate surface area is 84.5 Å². The summed E-state index contributed by atoms with van der Waals surface area (Å²) in [6, 6.07) is 7.18. The molecule has 1 N–H and O–H groups in total. The Hall–Kier alpha value is -1.46. The molecule has 0 amide bonds. The normalized spacial score (nSPS) is 12.2. The fourth-order valence-electron chi connectivity index (χ4n) is 1.13. The van der Waals surface area contributed by atoms with Gasteiger partial charge in [-0.2, -0.15) is 0 Å². The average Bonchev–Trinajstić information content (AvgIpc) is 2.16. The molecule has 0 aliphatic rings. The summed E-state index contributed by atoms with van der Waals surface area (Å²) < 4.78 is 5.47. The largest absolute Gasteiger partial charge is 0.491 e. The van der Waals surface area contributed by atoms with E-state index in [0.717, 1.165) is 5.75 Å². The zero-order chi connectivity index (χ0) is 10.6. The van der Waals surface area contributed by atoms with E-state index in [1.807, 2.05) is 26.0 Å². The molecule has 1 rings (SSSR count). The summed E-state index contributed by atoms with van der Waals surface area (Å²) in [6.45, 7) is 3.90. The summed E-state index contributed by atoms with van der Waals surface area (Å²) in [5, 5.41) is 9.40. The van der Waals surface area contributed by atoms with E-state index in [4.69, 9.17) is 11.2 Å². The van der Waals surface area contributed by atoms with Crippen molar-refractivity contribution in [2.45, 2.75) is 26.1 Å². The second kappa shape index (κ2) is 4.69. The molecule has 0 fully saturated rings. The van der Waals surface area contributed by atoms with Crippen molar-refractivity contribution >= 4 is 0 Å². The molecule has 0 radical (unpaired) electrons. The van der Waals surface area contributed by atoms with Gasteiger partial charge in [-0.15, -0.1) is 6.42 Å². The quantitative estimate of drug-likeness (QED) is 0.740. The van der Waals surface area contributed by atoms with Gasteiger partial charge in [-0.1, -0.05) is 18.1 Å². The van der Waals surface area contributed by atoms with Gasteiger partial charge in [-0.3, -0.25) is 0 Å². The van der Waals surface area contributed by atoms with E-state index in [9.17, 15) is 5.11 Å². The lowest BCUT2D eigenvalue weighted by atomic mass is 10.1. The third-order valence-electron chi connectivity index (χ3n) is 1.70. The van der Waals surface area contributed by atoms with Crippen molar-refractivity contribution in [3.8, 4) is 18.1 Å². The molecule has 1 aromatic carbocycles. The number of hydrogen-bond acceptors (Lipinski definition) is 2. The van der Waals surface area contributed by atoms with Gasteiger partial charge in [-0.05, 0) is 31.5 Å². The van der Waals surface area contributed by atoms with Crippen molar-refractivity contribution in [2.75, 3.05) is 0 Å². The van der Waals surface area contributed by atoms with Crippen molar-refractivity contribution in [1.82, 2.24) is 0 Å². The molecule has 1 unspecified atom stereocenters. The van der Waals surface area contributed by atoms with Crippen LogP contribution in [0.2, 0.25) is 0 Å². The molecule has 0 saturated carbocycles. The van der Waals surface area contributed by atoms with E-state index in [-0.39, 0.29) is 6.10 Å². The molecule has 2 heteroatoms. The van der Waals surface area contributed by atoms with Gasteiger partial charge in [0.25, 0.3) is 0 Å². The third-order valence-corrected chi connectivity index (χ3v) is 1.70. The Morgan fingerprint density at radius 2 is 2.14 bits per heavy atom. The van der Waals surface area contributed by atoms with Crippen LogP contribution in [0.5, 0.6) is 5.75 Å². The Kier molecular flexibility index (Phi) is 3.55. The molecule has 0 spiro atoms. The Balaban J connectivity index is 2.85. The Morgan fingerprint density at radius 3 is 2.71 bits per heavy atom. The van der Waals surface area contributed by atoms with E-state index in [0.29, 0.717) is 5.56 Å². The van der Waals surface area contributed by atoms with Crippen LogP contribution >= 0.6 is 0 Å². The van der Waals surface area contributed by atoms with Gasteiger partial charge in [0.1, 0.15) is 11.9 Å². The molecular formula is C12H14O2. The first-order valence-electron chi connectivity index (χ1n) is 4.54. The number of ether oxygens (including phenoxy) is 1. The maximum atomic E-state index is 9.40. The summed E-state index contributed by atoms with van der Waals surface area (Å²) in [5.74, 6) is 2.99. The fourth-order valence-corrected chi connectivity index (χ4v) is 1.13. The SMILES string of the molecule is C#CC(O)c1cccc(OC(C)C)c1. The lowest BCUT2D eigenvalue weighted by molar-refractivity contribution is 0.230. The minimum absolute atomic E-state index is 0.119. The number of rotatable bonds is 3. The summed E-state index contributed by atoms with van der Waals surface area (Å²) >= 11 is 0. The second-order valence-corrected chi connectivity index (χ2v) is 3.31. The molecule has 1 aromatic rings. The van der Waals surface area contributed by atoms with Crippen LogP contribution in [0.3, 0.4) is 0 Å². The van der Waals surface area contributed by atoms with Crippen molar-refractivity contribution in [2.24, 2.45) is 0 Å². The minimum Gasteiger partial charge on any atom is -0.491 e. The first-order valence-corrected chi connectivity index (χ1v) is 4.54. The number of terminal acetylenes is 1. The zero-order valence-corrected chi connectivity index (χ0v) is 8.40. The first kappa shape index (κ1) is 10.6. The second-order valence-electron chi connectivity index (χ2n) is 3.31. The summed E-state index contributed by atoms with van der Waals surface area (Å²) in [5.41, 5.74) is 0.686. The average molecular weight is 190 g/mol. The van der Waals surface area contributed by atoms with Gasteiger partial charge >= 0.3 is 0 Å². The van der Waals surface area contributed by atoms with Crippen LogP contribution in [0.1, 0.15) is 25.5 Å². The lowest BCUT2D eigenvalue weighted by Crippen LogP contribution is -2.06. The molecule has 0 saturated heterocycles. The standard InChI is InChI=1S/C12H14O2/c1-4-12(13)10-6-5-7-11(8-10)14-9(2)3/h1,5-9,12-13H,2-3H3. The molecule has 0 aliphatic heterocycles. The van der Waals surface area contributed by atoms with Gasteiger partial charge in [0.2, 0.25) is 0 Å². The highest BCUT2D eigenvalue weighted by Crippen LogP contribution is 2.19. The Morgan fingerprint density at radius 1 is 1.43 bits per heavy atom. The van der Waals surface area contributed by atoms with Crippen LogP contribution in [0.4, 0.5) is 0 Å². The molecule has 14 heavy (non-hydrogen) atoms. The van der Waals surface area contributed by atoms with E-state index >= 15 is 0 Å². The van der Waals surface area contributed by atoms with Gasteiger partial charge in [0, 0.05) is 0 Å². The van der Waals surface area contributed by atoms with Gasteiger partial charge in [-0.25, -0.2) is 0 Å². The molecule has 0 bridgehead atoms. The lowest BCUT2D eigenvalue weighted by Gasteiger charge is -2.11. The van der Waals surface area contributed by atoms with Crippen LogP contribution in [0, 0.1) is 12.3 Å². The molecular weight excluding hydrogens is 176 g/mol. The zero-order valence-electron chi connectivity index (χ0n) is 8.40. The maximum absolute atomic E-state index is 9.40. The van der Waals surface area contributed by atoms with Gasteiger partial charge in [0.05, 0.1) is 6.10 Å². The number of hydrogen-bond donors (Lipinski definition) is 1. The van der Waals surface area contributed by atoms with E-state index in [2.05, 4.69) is 5.92 Å². The van der Waals surface area contributed by atoms with E-state index in [1.54, 1.807) is 12.1 Å². The molecule has 2 nitrogen and oxygen atoms in total. The molecule has 0 heterocycles. The van der Waals surface area contributed by atoms with Crippen molar-refractivity contribution in [3.63, 3.8) is 0 Å². The van der Waals surface area contributed by atoms with Crippen LogP contribution in [-0.4, -0.2) is 11.2 Å². The third kappa shape index (κ3) is 2.79. The number of benzene rings is 1. The number of aliphatic hydroxyl groups is 1. The van der Waals surface area contributed by atoms with Crippen LogP contribution < -0.4 is 4.74 Å². The van der Waals surface area contributed by atoms with Gasteiger partial charge < -0.3 is 9.84 Å². The topological polar surface area (TPSA) is 29.5 Å². The fraction of sp³-hybridized carbons (Fsp3) is 0.333. The van der Waals surface area contributed by atoms with Crippen LogP contribution in [0.15, 0.2) is 24.3 Å². The monoisotopic (exact) mass is 190 g/mol. The highest BCUT2D eigenvalue weighted by Gasteiger charge is 2.05.